The van der Waals surface area contributed by atoms with E-state index in [0.717, 1.165) is 16.9 Å². The molecule has 1 aromatic carbocycles. The second-order valence-electron chi connectivity index (χ2n) is 6.67. The molecule has 5 nitrogen and oxygen atoms in total. The fraction of sp³-hybridized carbons (Fsp3) is 0.429. The van der Waals surface area contributed by atoms with Crippen molar-refractivity contribution in [3.63, 3.8) is 0 Å². The summed E-state index contributed by atoms with van der Waals surface area (Å²) in [6.45, 7) is 4.63. The molecule has 28 heavy (non-hydrogen) atoms. The first-order valence-corrected chi connectivity index (χ1v) is 10.2. The SMILES string of the molecule is CC[C@H](C)N(CC(=O)N(Cc1ccc(F)cc1)Cc1cccs1)C(=O)COC. The first-order valence-electron chi connectivity index (χ1n) is 9.27. The molecule has 0 fully saturated rings. The topological polar surface area (TPSA) is 49.9 Å². The number of thiophene rings is 1. The molecule has 0 radical (unpaired) electrons. The Kier molecular flexibility index (Phi) is 8.60. The summed E-state index contributed by atoms with van der Waals surface area (Å²) >= 11 is 1.57. The van der Waals surface area contributed by atoms with Crippen LogP contribution in [0.2, 0.25) is 0 Å². The van der Waals surface area contributed by atoms with Gasteiger partial charge in [-0.15, -0.1) is 11.3 Å². The Morgan fingerprint density at radius 1 is 1.14 bits per heavy atom. The van der Waals surface area contributed by atoms with E-state index in [0.29, 0.717) is 13.1 Å². The molecule has 152 valence electrons. The first kappa shape index (κ1) is 22.0. The minimum Gasteiger partial charge on any atom is -0.375 e. The zero-order chi connectivity index (χ0) is 20.5. The van der Waals surface area contributed by atoms with Crippen molar-refractivity contribution >= 4 is 23.2 Å². The molecule has 1 aromatic heterocycles. The molecular formula is C21H27FN2O3S. The molecule has 2 amide bonds. The summed E-state index contributed by atoms with van der Waals surface area (Å²) in [5.41, 5.74) is 0.838. The van der Waals surface area contributed by atoms with Crippen molar-refractivity contribution in [3.05, 3.63) is 58.0 Å². The van der Waals surface area contributed by atoms with Gasteiger partial charge in [-0.1, -0.05) is 25.1 Å². The molecule has 0 aliphatic heterocycles. The van der Waals surface area contributed by atoms with Crippen LogP contribution < -0.4 is 0 Å². The van der Waals surface area contributed by atoms with Crippen LogP contribution in [0, 0.1) is 5.82 Å². The van der Waals surface area contributed by atoms with E-state index >= 15 is 0 Å². The number of methoxy groups -OCH3 is 1. The van der Waals surface area contributed by atoms with Crippen LogP contribution in [0.25, 0.3) is 0 Å². The number of hydrogen-bond acceptors (Lipinski definition) is 4. The third kappa shape index (κ3) is 6.42. The van der Waals surface area contributed by atoms with Gasteiger partial charge in [-0.05, 0) is 42.5 Å². The van der Waals surface area contributed by atoms with Crippen LogP contribution in [-0.4, -0.2) is 47.9 Å². The zero-order valence-corrected chi connectivity index (χ0v) is 17.4. The molecule has 0 aliphatic rings. The van der Waals surface area contributed by atoms with Gasteiger partial charge in [-0.25, -0.2) is 4.39 Å². The van der Waals surface area contributed by atoms with Crippen LogP contribution in [0.3, 0.4) is 0 Å². The molecule has 0 saturated carbocycles. The predicted octanol–water partition coefficient (Wildman–Crippen LogP) is 3.69. The molecule has 0 bridgehead atoms. The van der Waals surface area contributed by atoms with Crippen molar-refractivity contribution in [3.8, 4) is 0 Å². The molecule has 2 aromatic rings. The van der Waals surface area contributed by atoms with Crippen LogP contribution >= 0.6 is 11.3 Å². The van der Waals surface area contributed by atoms with Gasteiger partial charge in [0.05, 0.1) is 6.54 Å². The minimum atomic E-state index is -0.312. The third-order valence-electron chi connectivity index (χ3n) is 4.58. The van der Waals surface area contributed by atoms with Gasteiger partial charge in [-0.3, -0.25) is 9.59 Å². The molecule has 0 aliphatic carbocycles. The lowest BCUT2D eigenvalue weighted by Crippen LogP contribution is -2.47. The number of hydrogen-bond donors (Lipinski definition) is 0. The van der Waals surface area contributed by atoms with E-state index in [1.54, 1.807) is 33.3 Å². The summed E-state index contributed by atoms with van der Waals surface area (Å²) in [5.74, 6) is -0.668. The number of benzene rings is 1. The maximum absolute atomic E-state index is 13.2. The Morgan fingerprint density at radius 3 is 2.43 bits per heavy atom. The lowest BCUT2D eigenvalue weighted by Gasteiger charge is -2.31. The Bertz CT molecular complexity index is 750. The summed E-state index contributed by atoms with van der Waals surface area (Å²) < 4.78 is 18.2. The van der Waals surface area contributed by atoms with Crippen molar-refractivity contribution < 1.29 is 18.7 Å². The highest BCUT2D eigenvalue weighted by atomic mass is 32.1. The summed E-state index contributed by atoms with van der Waals surface area (Å²) in [5, 5.41) is 1.96. The summed E-state index contributed by atoms with van der Waals surface area (Å²) in [4.78, 5) is 29.8. The van der Waals surface area contributed by atoms with Crippen LogP contribution in [0.5, 0.6) is 0 Å². The van der Waals surface area contributed by atoms with Gasteiger partial charge in [0, 0.05) is 24.6 Å². The maximum Gasteiger partial charge on any atom is 0.249 e. The maximum atomic E-state index is 13.2. The van der Waals surface area contributed by atoms with Gasteiger partial charge in [0.1, 0.15) is 19.0 Å². The quantitative estimate of drug-likeness (QED) is 0.605. The van der Waals surface area contributed by atoms with Gasteiger partial charge in [-0.2, -0.15) is 0 Å². The number of amides is 2. The van der Waals surface area contributed by atoms with Gasteiger partial charge in [0.25, 0.3) is 0 Å². The highest BCUT2D eigenvalue weighted by Crippen LogP contribution is 2.16. The van der Waals surface area contributed by atoms with E-state index in [-0.39, 0.29) is 36.8 Å². The van der Waals surface area contributed by atoms with E-state index in [1.807, 2.05) is 31.4 Å². The Morgan fingerprint density at radius 2 is 1.86 bits per heavy atom. The van der Waals surface area contributed by atoms with Gasteiger partial charge < -0.3 is 14.5 Å². The van der Waals surface area contributed by atoms with Crippen LogP contribution in [-0.2, 0) is 27.4 Å². The van der Waals surface area contributed by atoms with Crippen molar-refractivity contribution in [2.75, 3.05) is 20.3 Å². The lowest BCUT2D eigenvalue weighted by molar-refractivity contribution is -0.145. The smallest absolute Gasteiger partial charge is 0.249 e. The lowest BCUT2D eigenvalue weighted by atomic mass is 10.2. The Labute approximate surface area is 169 Å². The molecule has 0 N–H and O–H groups in total. The fourth-order valence-electron chi connectivity index (χ4n) is 2.80. The fourth-order valence-corrected chi connectivity index (χ4v) is 3.51. The Balaban J connectivity index is 2.18. The van der Waals surface area contributed by atoms with Crippen LogP contribution in [0.4, 0.5) is 4.39 Å². The number of carbonyl (C=O) groups excluding carboxylic acids is 2. The number of halogens is 1. The third-order valence-corrected chi connectivity index (χ3v) is 5.44. The van der Waals surface area contributed by atoms with E-state index in [1.165, 1.54) is 19.2 Å². The standard InChI is InChI=1S/C21H27FN2O3S/c1-4-16(2)24(21(26)15-27-3)14-20(25)23(13-19-6-5-11-28-19)12-17-7-9-18(22)10-8-17/h5-11,16H,4,12-15H2,1-3H3/t16-/m0/s1. The van der Waals surface area contributed by atoms with Gasteiger partial charge in [0.2, 0.25) is 11.8 Å². The van der Waals surface area contributed by atoms with E-state index in [4.69, 9.17) is 4.74 Å². The summed E-state index contributed by atoms with van der Waals surface area (Å²) in [7, 11) is 1.46. The van der Waals surface area contributed by atoms with Gasteiger partial charge in [0.15, 0.2) is 0 Å². The molecule has 2 rings (SSSR count). The second kappa shape index (κ2) is 10.9. The van der Waals surface area contributed by atoms with E-state index in [2.05, 4.69) is 0 Å². The zero-order valence-electron chi connectivity index (χ0n) is 16.6. The number of carbonyl (C=O) groups is 2. The number of ether oxygens (including phenoxy) is 1. The summed E-state index contributed by atoms with van der Waals surface area (Å²) in [6.07, 6.45) is 0.742. The Hall–Kier alpha value is -2.25. The van der Waals surface area contributed by atoms with Gasteiger partial charge >= 0.3 is 0 Å². The molecule has 0 spiro atoms. The molecular weight excluding hydrogens is 379 g/mol. The predicted molar refractivity (Wildman–Crippen MR) is 108 cm³/mol. The molecule has 1 atom stereocenters. The molecule has 1 heterocycles. The van der Waals surface area contributed by atoms with Crippen molar-refractivity contribution in [2.24, 2.45) is 0 Å². The van der Waals surface area contributed by atoms with E-state index < -0.39 is 0 Å². The number of nitrogens with zero attached hydrogens (tertiary/aromatic N) is 2. The van der Waals surface area contributed by atoms with Crippen LogP contribution in [0.15, 0.2) is 41.8 Å². The van der Waals surface area contributed by atoms with E-state index in [9.17, 15) is 14.0 Å². The molecule has 7 heteroatoms. The van der Waals surface area contributed by atoms with Crippen molar-refractivity contribution in [1.82, 2.24) is 9.80 Å². The van der Waals surface area contributed by atoms with Crippen molar-refractivity contribution in [1.29, 1.82) is 0 Å². The normalized spacial score (nSPS) is 11.9. The molecule has 0 saturated heterocycles. The number of rotatable bonds is 10. The van der Waals surface area contributed by atoms with Crippen molar-refractivity contribution in [2.45, 2.75) is 39.4 Å². The second-order valence-corrected chi connectivity index (χ2v) is 7.70. The summed E-state index contributed by atoms with van der Waals surface area (Å²) in [6, 6.07) is 9.96. The average molecular weight is 407 g/mol. The van der Waals surface area contributed by atoms with Crippen LogP contribution in [0.1, 0.15) is 30.7 Å². The highest BCUT2D eigenvalue weighted by Gasteiger charge is 2.25. The first-order chi connectivity index (χ1) is 13.4. The minimum absolute atomic E-state index is 0.0101. The average Bonchev–Trinajstić information content (AvgIpc) is 3.19. The monoisotopic (exact) mass is 406 g/mol. The highest BCUT2D eigenvalue weighted by molar-refractivity contribution is 7.09. The largest absolute Gasteiger partial charge is 0.375 e. The molecule has 0 unspecified atom stereocenters.